The maximum Gasteiger partial charge on any atom is 0.239 e. The largest absolute Gasteiger partial charge is 0.492 e. The lowest BCUT2D eigenvalue weighted by Gasteiger charge is -2.29. The van der Waals surface area contributed by atoms with Gasteiger partial charge in [-0.15, -0.1) is 12.4 Å². The zero-order valence-corrected chi connectivity index (χ0v) is 13.4. The van der Waals surface area contributed by atoms with Gasteiger partial charge in [-0.25, -0.2) is 0 Å². The fraction of sp³-hybridized carbons (Fsp3) is 0.500. The number of carbonyl (C=O) groups is 1. The van der Waals surface area contributed by atoms with Gasteiger partial charge < -0.3 is 20.1 Å². The van der Waals surface area contributed by atoms with E-state index < -0.39 is 0 Å². The van der Waals surface area contributed by atoms with Crippen LogP contribution in [0.5, 0.6) is 5.75 Å². The number of ether oxygens (including phenoxy) is 2. The maximum atomic E-state index is 11.9. The monoisotopic (exact) mass is 334 g/mol. The van der Waals surface area contributed by atoms with Crippen molar-refractivity contribution in [2.75, 3.05) is 26.3 Å². The van der Waals surface area contributed by atoms with Crippen molar-refractivity contribution in [1.82, 2.24) is 10.6 Å². The number of morpholine rings is 1. The Morgan fingerprint density at radius 3 is 2.86 bits per heavy atom. The molecule has 118 valence electrons. The first kappa shape index (κ1) is 18.0. The van der Waals surface area contributed by atoms with Crippen LogP contribution in [0.25, 0.3) is 0 Å². The number of carbonyl (C=O) groups excluding carboxylic acids is 1. The first-order valence-electron chi connectivity index (χ1n) is 6.68. The zero-order valence-electron chi connectivity index (χ0n) is 11.8. The lowest BCUT2D eigenvalue weighted by Crippen LogP contribution is -2.55. The average Bonchev–Trinajstić information content (AvgIpc) is 2.46. The predicted molar refractivity (Wildman–Crippen MR) is 84.4 cm³/mol. The van der Waals surface area contributed by atoms with Crippen LogP contribution >= 0.6 is 24.0 Å². The summed E-state index contributed by atoms with van der Waals surface area (Å²) < 4.78 is 10.9. The van der Waals surface area contributed by atoms with Gasteiger partial charge in [-0.2, -0.15) is 0 Å². The summed E-state index contributed by atoms with van der Waals surface area (Å²) in [7, 11) is 0. The Morgan fingerprint density at radius 1 is 1.48 bits per heavy atom. The van der Waals surface area contributed by atoms with E-state index in [9.17, 15) is 4.79 Å². The van der Waals surface area contributed by atoms with Gasteiger partial charge in [0.05, 0.1) is 19.3 Å². The lowest BCUT2D eigenvalue weighted by molar-refractivity contribution is -0.129. The van der Waals surface area contributed by atoms with Crippen molar-refractivity contribution in [2.24, 2.45) is 0 Å². The SMILES string of the molecule is C[C@H]1OCCN[C@@H]1C(=O)NCCOc1ccc(Cl)cc1.Cl. The van der Waals surface area contributed by atoms with Crippen molar-refractivity contribution >= 4 is 29.9 Å². The number of hydrogen-bond donors (Lipinski definition) is 2. The van der Waals surface area contributed by atoms with Crippen LogP contribution in [0.15, 0.2) is 24.3 Å². The molecule has 1 heterocycles. The summed E-state index contributed by atoms with van der Waals surface area (Å²) in [5.74, 6) is 0.674. The van der Waals surface area contributed by atoms with E-state index in [1.54, 1.807) is 24.3 Å². The molecule has 1 aromatic rings. The van der Waals surface area contributed by atoms with Crippen molar-refractivity contribution in [3.8, 4) is 5.75 Å². The molecular formula is C14H20Cl2N2O3. The highest BCUT2D eigenvalue weighted by molar-refractivity contribution is 6.30. The van der Waals surface area contributed by atoms with Crippen LogP contribution in [0.4, 0.5) is 0 Å². The molecule has 2 rings (SSSR count). The molecule has 1 aliphatic heterocycles. The fourth-order valence-electron chi connectivity index (χ4n) is 2.01. The molecule has 7 heteroatoms. The molecule has 1 amide bonds. The molecule has 21 heavy (non-hydrogen) atoms. The lowest BCUT2D eigenvalue weighted by atomic mass is 10.1. The number of halogens is 2. The molecule has 0 aliphatic carbocycles. The zero-order chi connectivity index (χ0) is 14.4. The Labute approximate surface area is 135 Å². The van der Waals surface area contributed by atoms with E-state index in [0.717, 1.165) is 5.75 Å². The van der Waals surface area contributed by atoms with Crippen molar-refractivity contribution in [3.05, 3.63) is 29.3 Å². The number of benzene rings is 1. The molecule has 1 fully saturated rings. The molecule has 2 atom stereocenters. The van der Waals surface area contributed by atoms with Crippen molar-refractivity contribution in [1.29, 1.82) is 0 Å². The molecule has 1 aliphatic rings. The van der Waals surface area contributed by atoms with Crippen molar-refractivity contribution in [2.45, 2.75) is 19.1 Å². The van der Waals surface area contributed by atoms with E-state index in [1.807, 2.05) is 6.92 Å². The fourth-order valence-corrected chi connectivity index (χ4v) is 2.14. The second-order valence-corrected chi connectivity index (χ2v) is 5.04. The first-order chi connectivity index (χ1) is 9.66. The molecule has 2 N–H and O–H groups in total. The summed E-state index contributed by atoms with van der Waals surface area (Å²) in [5.41, 5.74) is 0. The van der Waals surface area contributed by atoms with Crippen LogP contribution in [0, 0.1) is 0 Å². The van der Waals surface area contributed by atoms with Gasteiger partial charge in [-0.1, -0.05) is 11.6 Å². The second kappa shape index (κ2) is 9.10. The molecule has 5 nitrogen and oxygen atoms in total. The molecule has 0 spiro atoms. The summed E-state index contributed by atoms with van der Waals surface area (Å²) >= 11 is 5.78. The summed E-state index contributed by atoms with van der Waals surface area (Å²) in [6, 6.07) is 6.83. The van der Waals surface area contributed by atoms with Gasteiger partial charge in [0.25, 0.3) is 0 Å². The van der Waals surface area contributed by atoms with Crippen molar-refractivity contribution < 1.29 is 14.3 Å². The summed E-state index contributed by atoms with van der Waals surface area (Å²) in [5, 5.41) is 6.64. The summed E-state index contributed by atoms with van der Waals surface area (Å²) in [4.78, 5) is 11.9. The van der Waals surface area contributed by atoms with Gasteiger partial charge in [0, 0.05) is 11.6 Å². The Bertz CT molecular complexity index is 442. The number of rotatable bonds is 5. The Morgan fingerprint density at radius 2 is 2.19 bits per heavy atom. The van der Waals surface area contributed by atoms with E-state index in [4.69, 9.17) is 21.1 Å². The highest BCUT2D eigenvalue weighted by Crippen LogP contribution is 2.15. The van der Waals surface area contributed by atoms with Gasteiger partial charge >= 0.3 is 0 Å². The van der Waals surface area contributed by atoms with Crippen LogP contribution in [0.1, 0.15) is 6.92 Å². The topological polar surface area (TPSA) is 59.6 Å². The third kappa shape index (κ3) is 5.71. The van der Waals surface area contributed by atoms with Crippen LogP contribution in [0.3, 0.4) is 0 Å². The number of hydrogen-bond acceptors (Lipinski definition) is 4. The Balaban J connectivity index is 0.00000220. The second-order valence-electron chi connectivity index (χ2n) is 4.60. The molecule has 1 saturated heterocycles. The van der Waals surface area contributed by atoms with E-state index in [-0.39, 0.29) is 30.5 Å². The molecule has 0 aromatic heterocycles. The Hall–Kier alpha value is -1.01. The minimum atomic E-state index is -0.292. The molecule has 0 bridgehead atoms. The predicted octanol–water partition coefficient (Wildman–Crippen LogP) is 1.63. The smallest absolute Gasteiger partial charge is 0.239 e. The van der Waals surface area contributed by atoms with Crippen LogP contribution < -0.4 is 15.4 Å². The first-order valence-corrected chi connectivity index (χ1v) is 7.05. The Kier molecular flexibility index (Phi) is 7.82. The highest BCUT2D eigenvalue weighted by Gasteiger charge is 2.27. The number of amides is 1. The third-order valence-electron chi connectivity index (χ3n) is 3.08. The maximum absolute atomic E-state index is 11.9. The quantitative estimate of drug-likeness (QED) is 0.803. The average molecular weight is 335 g/mol. The minimum Gasteiger partial charge on any atom is -0.492 e. The highest BCUT2D eigenvalue weighted by atomic mass is 35.5. The minimum absolute atomic E-state index is 0. The standard InChI is InChI=1S/C14H19ClN2O3.ClH/c1-10-13(16-6-8-19-10)14(18)17-7-9-20-12-4-2-11(15)3-5-12;/h2-5,10,13,16H,6-9H2,1H3,(H,17,18);1H/t10-,13+;/m1./s1. The third-order valence-corrected chi connectivity index (χ3v) is 3.33. The van der Waals surface area contributed by atoms with Gasteiger partial charge in [0.2, 0.25) is 5.91 Å². The van der Waals surface area contributed by atoms with Gasteiger partial charge in [0.15, 0.2) is 0 Å². The molecule has 0 radical (unpaired) electrons. The van der Waals surface area contributed by atoms with E-state index in [0.29, 0.717) is 31.3 Å². The molecule has 1 aromatic carbocycles. The van der Waals surface area contributed by atoms with Crippen LogP contribution in [-0.4, -0.2) is 44.4 Å². The van der Waals surface area contributed by atoms with E-state index in [1.165, 1.54) is 0 Å². The molecule has 0 unspecified atom stereocenters. The molecular weight excluding hydrogens is 315 g/mol. The van der Waals surface area contributed by atoms with Crippen molar-refractivity contribution in [3.63, 3.8) is 0 Å². The van der Waals surface area contributed by atoms with Crippen LogP contribution in [0.2, 0.25) is 5.02 Å². The van der Waals surface area contributed by atoms with Gasteiger partial charge in [-0.3, -0.25) is 4.79 Å². The van der Waals surface area contributed by atoms with Crippen LogP contribution in [-0.2, 0) is 9.53 Å². The molecule has 0 saturated carbocycles. The van der Waals surface area contributed by atoms with E-state index in [2.05, 4.69) is 10.6 Å². The van der Waals surface area contributed by atoms with E-state index >= 15 is 0 Å². The summed E-state index contributed by atoms with van der Waals surface area (Å²) in [6.45, 7) is 4.09. The van der Waals surface area contributed by atoms with Gasteiger partial charge in [-0.05, 0) is 31.2 Å². The normalized spacial score (nSPS) is 21.2. The number of nitrogens with one attached hydrogen (secondary N) is 2. The summed E-state index contributed by atoms with van der Waals surface area (Å²) in [6.07, 6.45) is -0.110. The van der Waals surface area contributed by atoms with Gasteiger partial charge in [0.1, 0.15) is 18.4 Å².